The molecule has 0 saturated carbocycles. The van der Waals surface area contributed by atoms with E-state index in [1.54, 1.807) is 36.6 Å². The summed E-state index contributed by atoms with van der Waals surface area (Å²) in [5.74, 6) is 0.265. The van der Waals surface area contributed by atoms with Gasteiger partial charge in [0.25, 0.3) is 5.91 Å². The zero-order valence-electron chi connectivity index (χ0n) is 22.4. The number of esters is 1. The Morgan fingerprint density at radius 2 is 1.78 bits per heavy atom. The van der Waals surface area contributed by atoms with E-state index >= 15 is 0 Å². The zero-order valence-corrected chi connectivity index (χ0v) is 27.5. The Hall–Kier alpha value is -2.77. The third-order valence-corrected chi connectivity index (χ3v) is 9.24. The van der Waals surface area contributed by atoms with Crippen molar-refractivity contribution >= 4 is 85.3 Å². The Labute approximate surface area is 270 Å². The van der Waals surface area contributed by atoms with Crippen LogP contribution in [0.3, 0.4) is 0 Å². The Kier molecular flexibility index (Phi) is 10.1. The predicted molar refractivity (Wildman–Crippen MR) is 181 cm³/mol. The quantitative estimate of drug-likeness (QED) is 0.105. The van der Waals surface area contributed by atoms with Gasteiger partial charge < -0.3 is 14.8 Å². The number of anilines is 1. The first-order chi connectivity index (χ1) is 19.9. The second-order valence-corrected chi connectivity index (χ2v) is 13.0. The maximum atomic E-state index is 13.5. The molecule has 1 aliphatic rings. The minimum atomic E-state index is -0.335. The van der Waals surface area contributed by atoms with Crippen LogP contribution in [0.15, 0.2) is 71.7 Å². The summed E-state index contributed by atoms with van der Waals surface area (Å²) in [5, 5.41) is 3.78. The molecule has 1 aliphatic carbocycles. The molecule has 1 amide bonds. The fourth-order valence-corrected chi connectivity index (χ4v) is 7.93. The molecule has 4 aromatic rings. The standard InChI is InChI=1S/C32H28I2N2O4S/c1-2-39-32(38)21-14-12-20(13-15-21)19-40-29-22(16-23(33)17-26(29)34)18-35-31-28(25-10-6-7-11-27(25)41-31)30(37)36-24-8-4-3-5-9-24/h3-5,8-9,12-18H,2,6-7,10-11,19H2,1H3,(H,36,37). The molecule has 0 atom stereocenters. The molecule has 0 unspecified atom stereocenters. The van der Waals surface area contributed by atoms with Crippen LogP contribution >= 0.6 is 56.5 Å². The minimum Gasteiger partial charge on any atom is -0.487 e. The van der Waals surface area contributed by atoms with Gasteiger partial charge in [-0.05, 0) is 125 Å². The van der Waals surface area contributed by atoms with Crippen molar-refractivity contribution < 1.29 is 19.1 Å². The van der Waals surface area contributed by atoms with Crippen LogP contribution in [0.2, 0.25) is 0 Å². The number of thiophene rings is 1. The van der Waals surface area contributed by atoms with Crippen LogP contribution < -0.4 is 10.1 Å². The molecule has 0 fully saturated rings. The number of aryl methyl sites for hydroxylation is 1. The molecule has 0 aliphatic heterocycles. The molecule has 5 rings (SSSR count). The highest BCUT2D eigenvalue weighted by Gasteiger charge is 2.25. The number of halogens is 2. The average molecular weight is 790 g/mol. The van der Waals surface area contributed by atoms with Crippen LogP contribution in [0, 0.1) is 7.14 Å². The summed E-state index contributed by atoms with van der Waals surface area (Å²) in [7, 11) is 0. The first kappa shape index (κ1) is 29.7. The molecule has 0 saturated heterocycles. The second-order valence-electron chi connectivity index (χ2n) is 9.48. The third-order valence-electron chi connectivity index (χ3n) is 6.62. The number of carbonyl (C=O) groups excluding carboxylic acids is 2. The van der Waals surface area contributed by atoms with Crippen LogP contribution in [-0.2, 0) is 24.2 Å². The van der Waals surface area contributed by atoms with Crippen molar-refractivity contribution in [2.45, 2.75) is 39.2 Å². The number of fused-ring (bicyclic) bond motifs is 1. The van der Waals surface area contributed by atoms with Crippen LogP contribution in [0.5, 0.6) is 5.75 Å². The van der Waals surface area contributed by atoms with Crippen molar-refractivity contribution in [3.05, 3.63) is 107 Å². The van der Waals surface area contributed by atoms with Gasteiger partial charge in [-0.3, -0.25) is 4.79 Å². The van der Waals surface area contributed by atoms with E-state index in [0.717, 1.165) is 66.0 Å². The summed E-state index contributed by atoms with van der Waals surface area (Å²) in [4.78, 5) is 31.6. The van der Waals surface area contributed by atoms with Crippen LogP contribution in [0.25, 0.3) is 0 Å². The molecular formula is C32H28I2N2O4S. The summed E-state index contributed by atoms with van der Waals surface area (Å²) in [6.07, 6.45) is 5.88. The van der Waals surface area contributed by atoms with E-state index in [4.69, 9.17) is 14.5 Å². The Balaban J connectivity index is 1.41. The highest BCUT2D eigenvalue weighted by molar-refractivity contribution is 14.1. The molecule has 1 N–H and O–H groups in total. The number of aliphatic imine (C=N–C) groups is 1. The summed E-state index contributed by atoms with van der Waals surface area (Å²) in [5.41, 5.74) is 4.85. The van der Waals surface area contributed by atoms with Crippen LogP contribution in [-0.4, -0.2) is 24.7 Å². The Morgan fingerprint density at radius 1 is 1.02 bits per heavy atom. The van der Waals surface area contributed by atoms with E-state index in [1.807, 2.05) is 48.5 Å². The number of nitrogens with one attached hydrogen (secondary N) is 1. The molecule has 210 valence electrons. The lowest BCUT2D eigenvalue weighted by molar-refractivity contribution is 0.0526. The van der Waals surface area contributed by atoms with Gasteiger partial charge >= 0.3 is 5.97 Å². The maximum absolute atomic E-state index is 13.5. The van der Waals surface area contributed by atoms with E-state index < -0.39 is 0 Å². The zero-order chi connectivity index (χ0) is 28.8. The molecule has 0 spiro atoms. The third kappa shape index (κ3) is 7.36. The van der Waals surface area contributed by atoms with Crippen molar-refractivity contribution in [1.82, 2.24) is 0 Å². The summed E-state index contributed by atoms with van der Waals surface area (Å²) >= 11 is 6.18. The first-order valence-electron chi connectivity index (χ1n) is 13.4. The largest absolute Gasteiger partial charge is 0.487 e. The number of hydrogen-bond donors (Lipinski definition) is 1. The smallest absolute Gasteiger partial charge is 0.338 e. The SMILES string of the molecule is CCOC(=O)c1ccc(COc2c(I)cc(I)cc2C=Nc2sc3c(c2C(=O)Nc2ccccc2)CCCC3)cc1. The number of carbonyl (C=O) groups is 2. The van der Waals surface area contributed by atoms with E-state index in [9.17, 15) is 9.59 Å². The number of nitrogens with zero attached hydrogens (tertiary/aromatic N) is 1. The molecule has 0 bridgehead atoms. The Morgan fingerprint density at radius 3 is 2.54 bits per heavy atom. The highest BCUT2D eigenvalue weighted by atomic mass is 127. The second kappa shape index (κ2) is 13.9. The fraction of sp³-hybridized carbons (Fsp3) is 0.219. The van der Waals surface area contributed by atoms with E-state index in [-0.39, 0.29) is 11.9 Å². The van der Waals surface area contributed by atoms with Gasteiger partial charge in [-0.1, -0.05) is 30.3 Å². The molecule has 1 aromatic heterocycles. The lowest BCUT2D eigenvalue weighted by Gasteiger charge is -2.13. The average Bonchev–Trinajstić information content (AvgIpc) is 3.35. The lowest BCUT2D eigenvalue weighted by Crippen LogP contribution is -2.14. The highest BCUT2D eigenvalue weighted by Crippen LogP contribution is 2.40. The summed E-state index contributed by atoms with van der Waals surface area (Å²) in [6.45, 7) is 2.46. The number of rotatable bonds is 9. The first-order valence-corrected chi connectivity index (χ1v) is 16.3. The molecule has 6 nitrogen and oxygen atoms in total. The number of benzene rings is 3. The van der Waals surface area contributed by atoms with Crippen LogP contribution in [0.1, 0.15) is 62.0 Å². The van der Waals surface area contributed by atoms with Gasteiger partial charge in [0.05, 0.1) is 21.3 Å². The van der Waals surface area contributed by atoms with Crippen molar-refractivity contribution in [3.63, 3.8) is 0 Å². The van der Waals surface area contributed by atoms with E-state index in [1.165, 1.54) is 4.88 Å². The van der Waals surface area contributed by atoms with Gasteiger partial charge in [0.2, 0.25) is 0 Å². The van der Waals surface area contributed by atoms with E-state index in [0.29, 0.717) is 24.3 Å². The topological polar surface area (TPSA) is 77.0 Å². The molecule has 0 radical (unpaired) electrons. The molecular weight excluding hydrogens is 762 g/mol. The van der Waals surface area contributed by atoms with Gasteiger partial charge in [0.15, 0.2) is 0 Å². The van der Waals surface area contributed by atoms with Gasteiger partial charge in [-0.25, -0.2) is 9.79 Å². The molecule has 41 heavy (non-hydrogen) atoms. The lowest BCUT2D eigenvalue weighted by atomic mass is 9.95. The van der Waals surface area contributed by atoms with Crippen molar-refractivity contribution in [3.8, 4) is 5.75 Å². The molecule has 9 heteroatoms. The predicted octanol–water partition coefficient (Wildman–Crippen LogP) is 8.59. The van der Waals surface area contributed by atoms with Gasteiger partial charge in [0.1, 0.15) is 17.4 Å². The van der Waals surface area contributed by atoms with Crippen LogP contribution in [0.4, 0.5) is 10.7 Å². The van der Waals surface area contributed by atoms with Crippen molar-refractivity contribution in [1.29, 1.82) is 0 Å². The number of para-hydroxylation sites is 1. The molecule has 1 heterocycles. The van der Waals surface area contributed by atoms with Crippen molar-refractivity contribution in [2.75, 3.05) is 11.9 Å². The minimum absolute atomic E-state index is 0.122. The Bertz CT molecular complexity index is 1580. The number of ether oxygens (including phenoxy) is 2. The summed E-state index contributed by atoms with van der Waals surface area (Å²) in [6, 6.07) is 20.8. The van der Waals surface area contributed by atoms with Gasteiger partial charge in [-0.2, -0.15) is 0 Å². The fourth-order valence-electron chi connectivity index (χ4n) is 4.66. The monoisotopic (exact) mass is 790 g/mol. The normalized spacial score (nSPS) is 12.7. The van der Waals surface area contributed by atoms with E-state index in [2.05, 4.69) is 56.6 Å². The maximum Gasteiger partial charge on any atom is 0.338 e. The van der Waals surface area contributed by atoms with Gasteiger partial charge in [-0.15, -0.1) is 11.3 Å². The summed E-state index contributed by atoms with van der Waals surface area (Å²) < 4.78 is 13.4. The number of hydrogen-bond acceptors (Lipinski definition) is 6. The van der Waals surface area contributed by atoms with Gasteiger partial charge in [0, 0.05) is 25.9 Å². The molecule has 3 aromatic carbocycles. The van der Waals surface area contributed by atoms with Crippen molar-refractivity contribution in [2.24, 2.45) is 4.99 Å². The number of amides is 1.